The van der Waals surface area contributed by atoms with Crippen LogP contribution in [0.25, 0.3) is 0 Å². The normalized spacial score (nSPS) is 25.0. The van der Waals surface area contributed by atoms with Crippen LogP contribution < -0.4 is 5.32 Å². The van der Waals surface area contributed by atoms with Crippen molar-refractivity contribution in [3.8, 4) is 0 Å². The Kier molecular flexibility index (Phi) is 5.15. The van der Waals surface area contributed by atoms with E-state index in [0.717, 1.165) is 25.1 Å². The van der Waals surface area contributed by atoms with Gasteiger partial charge >= 0.3 is 0 Å². The minimum Gasteiger partial charge on any atom is -0.351 e. The van der Waals surface area contributed by atoms with Crippen LogP contribution >= 0.6 is 0 Å². The molecule has 0 spiro atoms. The number of fused-ring (bicyclic) bond motifs is 1. The second kappa shape index (κ2) is 7.73. The topological polar surface area (TPSA) is 80.1 Å². The highest BCUT2D eigenvalue weighted by Crippen LogP contribution is 2.35. The number of carbonyl (C=O) groups is 2. The number of nitrogens with one attached hydrogen (secondary N) is 1. The van der Waals surface area contributed by atoms with Crippen molar-refractivity contribution in [3.05, 3.63) is 47.5 Å². The Bertz CT molecular complexity index is 863. The van der Waals surface area contributed by atoms with Gasteiger partial charge in [-0.3, -0.25) is 9.59 Å². The van der Waals surface area contributed by atoms with Gasteiger partial charge in [-0.15, -0.1) is 0 Å². The van der Waals surface area contributed by atoms with Gasteiger partial charge in [0, 0.05) is 18.9 Å². The SMILES string of the molecule is Cc1nc(C)n(CC(=O)N2C[C@@H](c3ccccc3)[C@@H]3NC(=O)CCCC[C@H]32)n1. The van der Waals surface area contributed by atoms with Gasteiger partial charge in [-0.2, -0.15) is 5.10 Å². The third-order valence-electron chi connectivity index (χ3n) is 5.92. The third kappa shape index (κ3) is 3.66. The van der Waals surface area contributed by atoms with E-state index < -0.39 is 0 Å². The van der Waals surface area contributed by atoms with Gasteiger partial charge in [0.2, 0.25) is 11.8 Å². The second-order valence-electron chi connectivity index (χ2n) is 7.83. The van der Waals surface area contributed by atoms with E-state index in [1.807, 2.05) is 36.9 Å². The van der Waals surface area contributed by atoms with Gasteiger partial charge in [0.1, 0.15) is 18.2 Å². The molecule has 2 aliphatic rings. The van der Waals surface area contributed by atoms with E-state index in [9.17, 15) is 9.59 Å². The van der Waals surface area contributed by atoms with Gasteiger partial charge in [-0.25, -0.2) is 9.67 Å². The summed E-state index contributed by atoms with van der Waals surface area (Å²) < 4.78 is 1.67. The molecule has 0 saturated carbocycles. The maximum atomic E-state index is 13.2. The van der Waals surface area contributed by atoms with Gasteiger partial charge in [-0.05, 0) is 32.3 Å². The fourth-order valence-corrected chi connectivity index (χ4v) is 4.58. The van der Waals surface area contributed by atoms with Crippen LogP contribution in [0, 0.1) is 13.8 Å². The zero-order valence-corrected chi connectivity index (χ0v) is 16.5. The standard InChI is InChI=1S/C21H27N5O2/c1-14-22-15(2)26(24-14)13-20(28)25-12-17(16-8-4-3-5-9-16)21-18(25)10-6-7-11-19(27)23-21/h3-5,8-9,17-18,21H,6-7,10-13H2,1-2H3,(H,23,27)/t17-,18+,21-/m0/s1. The average molecular weight is 381 g/mol. The molecule has 1 aromatic carbocycles. The van der Waals surface area contributed by atoms with Crippen molar-refractivity contribution in [1.29, 1.82) is 0 Å². The summed E-state index contributed by atoms with van der Waals surface area (Å²) >= 11 is 0. The highest BCUT2D eigenvalue weighted by atomic mass is 16.2. The van der Waals surface area contributed by atoms with Crippen LogP contribution in [-0.4, -0.2) is 50.1 Å². The Balaban J connectivity index is 1.61. The zero-order valence-electron chi connectivity index (χ0n) is 16.5. The van der Waals surface area contributed by atoms with E-state index in [0.29, 0.717) is 18.8 Å². The van der Waals surface area contributed by atoms with Gasteiger partial charge in [0.15, 0.2) is 0 Å². The number of aryl methyl sites for hydroxylation is 2. The number of likely N-dealkylation sites (tertiary alicyclic amines) is 1. The van der Waals surface area contributed by atoms with Crippen molar-refractivity contribution in [2.45, 2.75) is 64.1 Å². The molecule has 0 aliphatic carbocycles. The van der Waals surface area contributed by atoms with Gasteiger partial charge < -0.3 is 10.2 Å². The Hall–Kier alpha value is -2.70. The van der Waals surface area contributed by atoms with Crippen LogP contribution in [0.1, 0.15) is 48.8 Å². The number of rotatable bonds is 3. The number of hydrogen-bond donors (Lipinski definition) is 1. The minimum atomic E-state index is -0.0438. The Morgan fingerprint density at radius 3 is 2.71 bits per heavy atom. The zero-order chi connectivity index (χ0) is 19.7. The first kappa shape index (κ1) is 18.7. The second-order valence-corrected chi connectivity index (χ2v) is 7.83. The maximum Gasteiger partial charge on any atom is 0.244 e. The van der Waals surface area contributed by atoms with Crippen molar-refractivity contribution in [1.82, 2.24) is 25.0 Å². The summed E-state index contributed by atoms with van der Waals surface area (Å²) in [7, 11) is 0. The average Bonchev–Trinajstić information content (AvgIpc) is 3.16. The monoisotopic (exact) mass is 381 g/mol. The number of aromatic nitrogens is 3. The number of hydrogen-bond acceptors (Lipinski definition) is 4. The van der Waals surface area contributed by atoms with Crippen LogP contribution in [0.15, 0.2) is 30.3 Å². The highest BCUT2D eigenvalue weighted by Gasteiger charge is 2.45. The first-order chi connectivity index (χ1) is 13.5. The summed E-state index contributed by atoms with van der Waals surface area (Å²) in [5.41, 5.74) is 1.17. The third-order valence-corrected chi connectivity index (χ3v) is 5.92. The van der Waals surface area contributed by atoms with Crippen molar-refractivity contribution in [2.24, 2.45) is 0 Å². The van der Waals surface area contributed by atoms with E-state index in [1.165, 1.54) is 5.56 Å². The molecule has 4 rings (SSSR count). The van der Waals surface area contributed by atoms with Crippen LogP contribution in [0.5, 0.6) is 0 Å². The molecule has 1 N–H and O–H groups in total. The van der Waals surface area contributed by atoms with Crippen LogP contribution in [0.3, 0.4) is 0 Å². The van der Waals surface area contributed by atoms with Crippen molar-refractivity contribution in [2.75, 3.05) is 6.54 Å². The molecule has 7 heteroatoms. The lowest BCUT2D eigenvalue weighted by Gasteiger charge is -2.31. The number of amides is 2. The number of nitrogens with zero attached hydrogens (tertiary/aromatic N) is 4. The summed E-state index contributed by atoms with van der Waals surface area (Å²) in [6, 6.07) is 10.2. The number of carbonyl (C=O) groups excluding carboxylic acids is 2. The summed E-state index contributed by atoms with van der Waals surface area (Å²) in [6.07, 6.45) is 3.31. The van der Waals surface area contributed by atoms with Crippen molar-refractivity contribution in [3.63, 3.8) is 0 Å². The molecule has 2 amide bonds. The van der Waals surface area contributed by atoms with E-state index in [4.69, 9.17) is 0 Å². The molecule has 2 fully saturated rings. The quantitative estimate of drug-likeness (QED) is 0.881. The predicted octanol–water partition coefficient (Wildman–Crippen LogP) is 1.95. The van der Waals surface area contributed by atoms with Gasteiger partial charge in [-0.1, -0.05) is 36.8 Å². The Morgan fingerprint density at radius 2 is 2.00 bits per heavy atom. The number of benzene rings is 1. The summed E-state index contributed by atoms with van der Waals surface area (Å²) in [6.45, 7) is 4.50. The van der Waals surface area contributed by atoms with Gasteiger partial charge in [0.25, 0.3) is 0 Å². The molecule has 0 unspecified atom stereocenters. The first-order valence-corrected chi connectivity index (χ1v) is 10.0. The summed E-state index contributed by atoms with van der Waals surface area (Å²) in [4.78, 5) is 31.8. The van der Waals surface area contributed by atoms with Gasteiger partial charge in [0.05, 0.1) is 12.1 Å². The van der Waals surface area contributed by atoms with Crippen LogP contribution in [-0.2, 0) is 16.1 Å². The lowest BCUT2D eigenvalue weighted by Crippen LogP contribution is -2.49. The molecule has 148 valence electrons. The summed E-state index contributed by atoms with van der Waals surface area (Å²) in [5, 5.41) is 7.56. The molecule has 0 radical (unpaired) electrons. The first-order valence-electron chi connectivity index (χ1n) is 10.0. The van der Waals surface area contributed by atoms with E-state index in [2.05, 4.69) is 27.5 Å². The fraction of sp³-hybridized carbons (Fsp3) is 0.524. The summed E-state index contributed by atoms with van der Waals surface area (Å²) in [5.74, 6) is 1.65. The Labute approximate surface area is 165 Å². The van der Waals surface area contributed by atoms with E-state index in [-0.39, 0.29) is 36.4 Å². The molecule has 2 aromatic rings. The van der Waals surface area contributed by atoms with Crippen LogP contribution in [0.4, 0.5) is 0 Å². The molecule has 2 saturated heterocycles. The minimum absolute atomic E-state index is 0.0203. The molecule has 7 nitrogen and oxygen atoms in total. The molecule has 3 heterocycles. The predicted molar refractivity (Wildman–Crippen MR) is 105 cm³/mol. The van der Waals surface area contributed by atoms with E-state index in [1.54, 1.807) is 4.68 Å². The smallest absolute Gasteiger partial charge is 0.244 e. The Morgan fingerprint density at radius 1 is 1.21 bits per heavy atom. The lowest BCUT2D eigenvalue weighted by atomic mass is 9.88. The lowest BCUT2D eigenvalue weighted by molar-refractivity contribution is -0.134. The maximum absolute atomic E-state index is 13.2. The van der Waals surface area contributed by atoms with Crippen molar-refractivity contribution < 1.29 is 9.59 Å². The highest BCUT2D eigenvalue weighted by molar-refractivity contribution is 5.79. The molecule has 28 heavy (non-hydrogen) atoms. The molecular weight excluding hydrogens is 354 g/mol. The molecular formula is C21H27N5O2. The van der Waals surface area contributed by atoms with Crippen molar-refractivity contribution >= 4 is 11.8 Å². The molecule has 0 bridgehead atoms. The largest absolute Gasteiger partial charge is 0.351 e. The molecule has 3 atom stereocenters. The molecule has 1 aromatic heterocycles. The fourth-order valence-electron chi connectivity index (χ4n) is 4.58. The van der Waals surface area contributed by atoms with Crippen LogP contribution in [0.2, 0.25) is 0 Å². The molecule has 2 aliphatic heterocycles. The van der Waals surface area contributed by atoms with E-state index >= 15 is 0 Å².